The van der Waals surface area contributed by atoms with Crippen molar-refractivity contribution in [2.75, 3.05) is 7.05 Å². The topological polar surface area (TPSA) is 39.1 Å². The standard InChI is InChI=1S/C15H19BrClN3O/c1-4-20-13(15(16)10(2)19-20)9-21-14-6-5-12(17)7-11(14)8-18-3/h5-7,18H,4,8-9H2,1-3H3. The van der Waals surface area contributed by atoms with Crippen molar-refractivity contribution in [3.8, 4) is 5.75 Å². The van der Waals surface area contributed by atoms with Crippen LogP contribution in [0.3, 0.4) is 0 Å². The van der Waals surface area contributed by atoms with Gasteiger partial charge in [-0.3, -0.25) is 4.68 Å². The number of rotatable bonds is 6. The highest BCUT2D eigenvalue weighted by Gasteiger charge is 2.13. The molecule has 1 heterocycles. The van der Waals surface area contributed by atoms with Crippen LogP contribution < -0.4 is 10.1 Å². The lowest BCUT2D eigenvalue weighted by atomic mass is 10.2. The minimum absolute atomic E-state index is 0.466. The molecule has 6 heteroatoms. The molecule has 0 spiro atoms. The highest BCUT2D eigenvalue weighted by atomic mass is 79.9. The molecule has 0 unspecified atom stereocenters. The third kappa shape index (κ3) is 3.78. The molecule has 0 fully saturated rings. The molecular weight excluding hydrogens is 354 g/mol. The number of nitrogens with zero attached hydrogens (tertiary/aromatic N) is 2. The minimum Gasteiger partial charge on any atom is -0.487 e. The van der Waals surface area contributed by atoms with Crippen LogP contribution in [-0.2, 0) is 19.7 Å². The Balaban J connectivity index is 2.20. The van der Waals surface area contributed by atoms with Crippen molar-refractivity contribution in [2.45, 2.75) is 33.5 Å². The average molecular weight is 373 g/mol. The van der Waals surface area contributed by atoms with Gasteiger partial charge in [-0.1, -0.05) is 11.6 Å². The molecule has 4 nitrogen and oxygen atoms in total. The summed E-state index contributed by atoms with van der Waals surface area (Å²) in [6.07, 6.45) is 0. The van der Waals surface area contributed by atoms with E-state index in [2.05, 4.69) is 33.3 Å². The molecule has 0 saturated carbocycles. The van der Waals surface area contributed by atoms with Gasteiger partial charge in [-0.25, -0.2) is 0 Å². The summed E-state index contributed by atoms with van der Waals surface area (Å²) in [5, 5.41) is 8.30. The lowest BCUT2D eigenvalue weighted by Gasteiger charge is -2.13. The van der Waals surface area contributed by atoms with E-state index in [1.54, 1.807) is 0 Å². The van der Waals surface area contributed by atoms with Gasteiger partial charge in [0.1, 0.15) is 12.4 Å². The Hall–Kier alpha value is -1.04. The van der Waals surface area contributed by atoms with E-state index in [1.165, 1.54) is 0 Å². The number of hydrogen-bond acceptors (Lipinski definition) is 3. The fourth-order valence-electron chi connectivity index (χ4n) is 2.17. The zero-order valence-corrected chi connectivity index (χ0v) is 14.8. The van der Waals surface area contributed by atoms with Gasteiger partial charge in [-0.05, 0) is 55.0 Å². The van der Waals surface area contributed by atoms with Crippen molar-refractivity contribution < 1.29 is 4.74 Å². The summed E-state index contributed by atoms with van der Waals surface area (Å²) >= 11 is 9.62. The monoisotopic (exact) mass is 371 g/mol. The van der Waals surface area contributed by atoms with Gasteiger partial charge in [0.2, 0.25) is 0 Å². The maximum Gasteiger partial charge on any atom is 0.131 e. The number of aryl methyl sites for hydroxylation is 2. The third-order valence-electron chi connectivity index (χ3n) is 3.21. The summed E-state index contributed by atoms with van der Waals surface area (Å²) in [4.78, 5) is 0. The Morgan fingerprint density at radius 2 is 2.19 bits per heavy atom. The van der Waals surface area contributed by atoms with E-state index in [9.17, 15) is 0 Å². The van der Waals surface area contributed by atoms with Crippen molar-refractivity contribution in [3.63, 3.8) is 0 Å². The first-order valence-electron chi connectivity index (χ1n) is 6.84. The number of halogens is 2. The highest BCUT2D eigenvalue weighted by Crippen LogP contribution is 2.26. The average Bonchev–Trinajstić information content (AvgIpc) is 2.74. The molecule has 0 aliphatic carbocycles. The van der Waals surface area contributed by atoms with Crippen LogP contribution in [0.1, 0.15) is 23.9 Å². The van der Waals surface area contributed by atoms with E-state index in [0.29, 0.717) is 18.2 Å². The normalized spacial score (nSPS) is 10.9. The second-order valence-electron chi connectivity index (χ2n) is 4.73. The molecule has 0 aliphatic rings. The van der Waals surface area contributed by atoms with Gasteiger partial charge < -0.3 is 10.1 Å². The Morgan fingerprint density at radius 3 is 2.86 bits per heavy atom. The molecule has 0 aliphatic heterocycles. The molecule has 2 aromatic rings. The van der Waals surface area contributed by atoms with Gasteiger partial charge in [-0.15, -0.1) is 0 Å². The van der Waals surface area contributed by atoms with Crippen molar-refractivity contribution in [1.29, 1.82) is 0 Å². The van der Waals surface area contributed by atoms with Crippen molar-refractivity contribution in [1.82, 2.24) is 15.1 Å². The Bertz CT molecular complexity index is 628. The van der Waals surface area contributed by atoms with E-state index >= 15 is 0 Å². The van der Waals surface area contributed by atoms with Gasteiger partial charge in [0.25, 0.3) is 0 Å². The summed E-state index contributed by atoms with van der Waals surface area (Å²) in [6, 6.07) is 5.67. The number of aromatic nitrogens is 2. The fraction of sp³-hybridized carbons (Fsp3) is 0.400. The van der Waals surface area contributed by atoms with Crippen molar-refractivity contribution >= 4 is 27.5 Å². The van der Waals surface area contributed by atoms with E-state index in [4.69, 9.17) is 16.3 Å². The molecule has 0 bridgehead atoms. The maximum atomic E-state index is 6.04. The largest absolute Gasteiger partial charge is 0.487 e. The Kier molecular flexibility index (Phi) is 5.67. The number of nitrogens with one attached hydrogen (secondary N) is 1. The van der Waals surface area contributed by atoms with Crippen LogP contribution in [0.5, 0.6) is 5.75 Å². The minimum atomic E-state index is 0.466. The van der Waals surface area contributed by atoms with Gasteiger partial charge in [-0.2, -0.15) is 5.10 Å². The SMILES string of the molecule is CCn1nc(C)c(Br)c1COc1ccc(Cl)cc1CNC. The molecule has 1 aromatic carbocycles. The second kappa shape index (κ2) is 7.29. The van der Waals surface area contributed by atoms with E-state index in [0.717, 1.165) is 33.7 Å². The van der Waals surface area contributed by atoms with Crippen LogP contribution in [0.15, 0.2) is 22.7 Å². The predicted molar refractivity (Wildman–Crippen MR) is 88.9 cm³/mol. The lowest BCUT2D eigenvalue weighted by Crippen LogP contribution is -2.10. The summed E-state index contributed by atoms with van der Waals surface area (Å²) in [5.41, 5.74) is 3.06. The molecule has 0 atom stereocenters. The summed E-state index contributed by atoms with van der Waals surface area (Å²) < 4.78 is 8.94. The van der Waals surface area contributed by atoms with E-state index < -0.39 is 0 Å². The molecule has 114 valence electrons. The van der Waals surface area contributed by atoms with Crippen LogP contribution >= 0.6 is 27.5 Å². The predicted octanol–water partition coefficient (Wildman–Crippen LogP) is 3.93. The van der Waals surface area contributed by atoms with Gasteiger partial charge in [0.05, 0.1) is 15.9 Å². The Morgan fingerprint density at radius 1 is 1.43 bits per heavy atom. The van der Waals surface area contributed by atoms with Crippen molar-refractivity contribution in [2.24, 2.45) is 0 Å². The summed E-state index contributed by atoms with van der Waals surface area (Å²) in [5.74, 6) is 0.835. The molecule has 0 amide bonds. The summed E-state index contributed by atoms with van der Waals surface area (Å²) in [6.45, 7) is 6.04. The van der Waals surface area contributed by atoms with Crippen LogP contribution in [0.25, 0.3) is 0 Å². The smallest absolute Gasteiger partial charge is 0.131 e. The number of ether oxygens (including phenoxy) is 1. The number of hydrogen-bond donors (Lipinski definition) is 1. The molecule has 0 radical (unpaired) electrons. The lowest BCUT2D eigenvalue weighted by molar-refractivity contribution is 0.288. The molecule has 0 saturated heterocycles. The van der Waals surface area contributed by atoms with Crippen LogP contribution in [-0.4, -0.2) is 16.8 Å². The van der Waals surface area contributed by atoms with Crippen LogP contribution in [0.4, 0.5) is 0 Å². The second-order valence-corrected chi connectivity index (χ2v) is 5.96. The third-order valence-corrected chi connectivity index (χ3v) is 4.47. The number of benzene rings is 1. The zero-order valence-electron chi connectivity index (χ0n) is 12.4. The summed E-state index contributed by atoms with van der Waals surface area (Å²) in [7, 11) is 1.90. The van der Waals surface area contributed by atoms with Crippen LogP contribution in [0, 0.1) is 6.92 Å². The van der Waals surface area contributed by atoms with Crippen LogP contribution in [0.2, 0.25) is 5.02 Å². The van der Waals surface area contributed by atoms with Gasteiger partial charge >= 0.3 is 0 Å². The first-order chi connectivity index (χ1) is 10.1. The van der Waals surface area contributed by atoms with E-state index in [1.807, 2.05) is 36.9 Å². The first-order valence-corrected chi connectivity index (χ1v) is 8.01. The zero-order chi connectivity index (χ0) is 15.4. The fourth-order valence-corrected chi connectivity index (χ4v) is 2.76. The van der Waals surface area contributed by atoms with E-state index in [-0.39, 0.29) is 0 Å². The Labute approximate surface area is 138 Å². The van der Waals surface area contributed by atoms with Crippen molar-refractivity contribution in [3.05, 3.63) is 44.6 Å². The molecular formula is C15H19BrClN3O. The molecule has 2 rings (SSSR count). The quantitative estimate of drug-likeness (QED) is 0.835. The molecule has 1 aromatic heterocycles. The molecule has 1 N–H and O–H groups in total. The highest BCUT2D eigenvalue weighted by molar-refractivity contribution is 9.10. The van der Waals surface area contributed by atoms with Gasteiger partial charge in [0.15, 0.2) is 0 Å². The molecule has 21 heavy (non-hydrogen) atoms. The first kappa shape index (κ1) is 16.3. The maximum absolute atomic E-state index is 6.04. The van der Waals surface area contributed by atoms with Gasteiger partial charge in [0, 0.05) is 23.7 Å².